The van der Waals surface area contributed by atoms with E-state index in [4.69, 9.17) is 0 Å². The number of rotatable bonds is 4. The molecular formula is C18H24N4O. The van der Waals surface area contributed by atoms with Crippen molar-refractivity contribution in [1.29, 1.82) is 0 Å². The van der Waals surface area contributed by atoms with Crippen LogP contribution in [0.3, 0.4) is 0 Å². The summed E-state index contributed by atoms with van der Waals surface area (Å²) < 4.78 is 1.89. The molecule has 1 aliphatic rings. The Morgan fingerprint density at radius 3 is 2.83 bits per heavy atom. The maximum atomic E-state index is 12.7. The first-order valence-electron chi connectivity index (χ1n) is 8.27. The Morgan fingerprint density at radius 1 is 1.35 bits per heavy atom. The molecule has 23 heavy (non-hydrogen) atoms. The lowest BCUT2D eigenvalue weighted by atomic mass is 10.1. The van der Waals surface area contributed by atoms with Gasteiger partial charge >= 0.3 is 0 Å². The van der Waals surface area contributed by atoms with E-state index in [0.29, 0.717) is 6.42 Å². The third-order valence-electron chi connectivity index (χ3n) is 4.85. The Labute approximate surface area is 137 Å². The predicted molar refractivity (Wildman–Crippen MR) is 88.9 cm³/mol. The zero-order chi connectivity index (χ0) is 16.4. The molecule has 2 aromatic rings. The van der Waals surface area contributed by atoms with E-state index in [9.17, 15) is 4.79 Å². The van der Waals surface area contributed by atoms with E-state index in [1.807, 2.05) is 41.8 Å². The Kier molecular flexibility index (Phi) is 4.46. The van der Waals surface area contributed by atoms with Gasteiger partial charge in [0.05, 0.1) is 17.4 Å². The van der Waals surface area contributed by atoms with Gasteiger partial charge in [-0.3, -0.25) is 14.5 Å². The first-order chi connectivity index (χ1) is 11.1. The summed E-state index contributed by atoms with van der Waals surface area (Å²) in [4.78, 5) is 19.1. The fourth-order valence-electron chi connectivity index (χ4n) is 3.50. The number of aromatic nitrogens is 3. The van der Waals surface area contributed by atoms with Crippen molar-refractivity contribution in [2.45, 2.75) is 45.6 Å². The second-order valence-corrected chi connectivity index (χ2v) is 6.27. The lowest BCUT2D eigenvalue weighted by molar-refractivity contribution is -0.132. The summed E-state index contributed by atoms with van der Waals surface area (Å²) in [6.07, 6.45) is 5.16. The van der Waals surface area contributed by atoms with Crippen LogP contribution in [0.25, 0.3) is 0 Å². The number of pyridine rings is 1. The largest absolute Gasteiger partial charge is 0.334 e. The van der Waals surface area contributed by atoms with Crippen molar-refractivity contribution in [3.05, 3.63) is 47.0 Å². The van der Waals surface area contributed by atoms with Crippen LogP contribution in [0.1, 0.15) is 47.9 Å². The molecule has 0 radical (unpaired) electrons. The molecule has 0 aromatic carbocycles. The van der Waals surface area contributed by atoms with Gasteiger partial charge in [-0.1, -0.05) is 6.07 Å². The van der Waals surface area contributed by atoms with Gasteiger partial charge in [0, 0.05) is 31.9 Å². The molecule has 0 N–H and O–H groups in total. The van der Waals surface area contributed by atoms with Gasteiger partial charge in [0.25, 0.3) is 0 Å². The third kappa shape index (κ3) is 3.14. The molecule has 3 heterocycles. The summed E-state index contributed by atoms with van der Waals surface area (Å²) in [5.41, 5.74) is 4.39. The lowest BCUT2D eigenvalue weighted by Crippen LogP contribution is -2.31. The van der Waals surface area contributed by atoms with Gasteiger partial charge in [-0.05, 0) is 50.8 Å². The smallest absolute Gasteiger partial charge is 0.223 e. The van der Waals surface area contributed by atoms with E-state index in [1.54, 1.807) is 6.20 Å². The molecule has 1 amide bonds. The lowest BCUT2D eigenvalue weighted by Gasteiger charge is -2.24. The Balaban J connectivity index is 1.68. The van der Waals surface area contributed by atoms with Crippen LogP contribution >= 0.6 is 0 Å². The quantitative estimate of drug-likeness (QED) is 0.872. The number of carbonyl (C=O) groups is 1. The second-order valence-electron chi connectivity index (χ2n) is 6.27. The van der Waals surface area contributed by atoms with Crippen LogP contribution in [0.5, 0.6) is 0 Å². The molecule has 3 rings (SSSR count). The Bertz CT molecular complexity index is 693. The molecule has 1 atom stereocenters. The summed E-state index contributed by atoms with van der Waals surface area (Å²) in [6.45, 7) is 4.91. The monoisotopic (exact) mass is 312 g/mol. The molecule has 0 aliphatic carbocycles. The highest BCUT2D eigenvalue weighted by Gasteiger charge is 2.30. The summed E-state index contributed by atoms with van der Waals surface area (Å²) in [5.74, 6) is 0.223. The van der Waals surface area contributed by atoms with Crippen molar-refractivity contribution >= 4 is 5.91 Å². The van der Waals surface area contributed by atoms with Crippen LogP contribution < -0.4 is 0 Å². The van der Waals surface area contributed by atoms with Gasteiger partial charge in [0.15, 0.2) is 0 Å². The minimum atomic E-state index is 0.139. The Morgan fingerprint density at radius 2 is 2.17 bits per heavy atom. The molecule has 0 saturated carbocycles. The second kappa shape index (κ2) is 6.52. The molecule has 5 nitrogen and oxygen atoms in total. The van der Waals surface area contributed by atoms with Gasteiger partial charge in [-0.25, -0.2) is 0 Å². The summed E-state index contributed by atoms with van der Waals surface area (Å²) in [6, 6.07) is 6.07. The van der Waals surface area contributed by atoms with Crippen molar-refractivity contribution in [1.82, 2.24) is 19.7 Å². The van der Waals surface area contributed by atoms with Crippen molar-refractivity contribution in [2.24, 2.45) is 7.05 Å². The van der Waals surface area contributed by atoms with Crippen LogP contribution in [0.2, 0.25) is 0 Å². The van der Waals surface area contributed by atoms with E-state index in [0.717, 1.165) is 42.9 Å². The zero-order valence-electron chi connectivity index (χ0n) is 14.1. The van der Waals surface area contributed by atoms with Gasteiger partial charge in [-0.15, -0.1) is 0 Å². The molecular weight excluding hydrogens is 288 g/mol. The van der Waals surface area contributed by atoms with Gasteiger partial charge in [0.1, 0.15) is 0 Å². The number of carbonyl (C=O) groups excluding carboxylic acids is 1. The molecule has 2 aromatic heterocycles. The van der Waals surface area contributed by atoms with Crippen LogP contribution in [0.4, 0.5) is 0 Å². The van der Waals surface area contributed by atoms with Gasteiger partial charge in [-0.2, -0.15) is 5.10 Å². The topological polar surface area (TPSA) is 51.0 Å². The van der Waals surface area contributed by atoms with Crippen LogP contribution in [0, 0.1) is 13.8 Å². The third-order valence-corrected chi connectivity index (χ3v) is 4.85. The maximum absolute atomic E-state index is 12.7. The van der Waals surface area contributed by atoms with E-state index in [1.165, 1.54) is 5.56 Å². The van der Waals surface area contributed by atoms with E-state index in [-0.39, 0.29) is 11.9 Å². The fourth-order valence-corrected chi connectivity index (χ4v) is 3.50. The van der Waals surface area contributed by atoms with Crippen molar-refractivity contribution < 1.29 is 4.79 Å². The van der Waals surface area contributed by atoms with E-state index < -0.39 is 0 Å². The number of nitrogens with zero attached hydrogens (tertiary/aromatic N) is 4. The minimum Gasteiger partial charge on any atom is -0.334 e. The molecule has 1 fully saturated rings. The predicted octanol–water partition coefficient (Wildman–Crippen LogP) is 2.73. The van der Waals surface area contributed by atoms with Crippen LogP contribution in [-0.2, 0) is 18.3 Å². The summed E-state index contributed by atoms with van der Waals surface area (Å²) in [7, 11) is 1.95. The molecule has 5 heteroatoms. The van der Waals surface area contributed by atoms with Crippen molar-refractivity contribution in [3.63, 3.8) is 0 Å². The molecule has 0 spiro atoms. The first-order valence-corrected chi connectivity index (χ1v) is 8.27. The number of hydrogen-bond donors (Lipinski definition) is 0. The van der Waals surface area contributed by atoms with Crippen LogP contribution in [0.15, 0.2) is 24.4 Å². The number of aryl methyl sites for hydroxylation is 2. The number of amides is 1. The average Bonchev–Trinajstić information content (AvgIpc) is 3.13. The number of hydrogen-bond acceptors (Lipinski definition) is 3. The maximum Gasteiger partial charge on any atom is 0.223 e. The Hall–Kier alpha value is -2.17. The fraction of sp³-hybridized carbons (Fsp3) is 0.500. The van der Waals surface area contributed by atoms with Gasteiger partial charge in [0.2, 0.25) is 5.91 Å². The standard InChI is InChI=1S/C18H24N4O/c1-13-15(14(2)21(3)20-13)9-10-18(23)22-12-6-8-17(22)16-7-4-5-11-19-16/h4-5,7,11,17H,6,8-10,12H2,1-3H3. The van der Waals surface area contributed by atoms with Crippen molar-refractivity contribution in [3.8, 4) is 0 Å². The van der Waals surface area contributed by atoms with Crippen molar-refractivity contribution in [2.75, 3.05) is 6.54 Å². The first kappa shape index (κ1) is 15.7. The average molecular weight is 312 g/mol. The molecule has 1 unspecified atom stereocenters. The molecule has 122 valence electrons. The van der Waals surface area contributed by atoms with Crippen LogP contribution in [-0.4, -0.2) is 32.1 Å². The highest BCUT2D eigenvalue weighted by molar-refractivity contribution is 5.77. The molecule has 0 bridgehead atoms. The summed E-state index contributed by atoms with van der Waals surface area (Å²) in [5, 5.41) is 4.43. The SMILES string of the molecule is Cc1nn(C)c(C)c1CCC(=O)N1CCCC1c1ccccn1. The zero-order valence-corrected chi connectivity index (χ0v) is 14.1. The van der Waals surface area contributed by atoms with E-state index in [2.05, 4.69) is 17.0 Å². The van der Waals surface area contributed by atoms with Gasteiger partial charge < -0.3 is 4.90 Å². The number of likely N-dealkylation sites (tertiary alicyclic amines) is 1. The normalized spacial score (nSPS) is 17.7. The van der Waals surface area contributed by atoms with E-state index >= 15 is 0 Å². The minimum absolute atomic E-state index is 0.139. The molecule has 1 saturated heterocycles. The summed E-state index contributed by atoms with van der Waals surface area (Å²) >= 11 is 0. The highest BCUT2D eigenvalue weighted by atomic mass is 16.2. The highest BCUT2D eigenvalue weighted by Crippen LogP contribution is 2.31. The molecule has 1 aliphatic heterocycles.